The van der Waals surface area contributed by atoms with E-state index in [-0.39, 0.29) is 17.7 Å². The molecular formula is C28H29N5O4. The van der Waals surface area contributed by atoms with Gasteiger partial charge >= 0.3 is 0 Å². The second-order valence-corrected chi connectivity index (χ2v) is 9.57. The Bertz CT molecular complexity index is 1390. The summed E-state index contributed by atoms with van der Waals surface area (Å²) in [4.78, 5) is 35.7. The Morgan fingerprint density at radius 3 is 2.62 bits per heavy atom. The molecule has 0 saturated carbocycles. The van der Waals surface area contributed by atoms with Gasteiger partial charge in [-0.15, -0.1) is 0 Å². The Hall–Kier alpha value is -3.98. The van der Waals surface area contributed by atoms with E-state index in [1.807, 2.05) is 58.3 Å². The molecule has 9 heteroatoms. The van der Waals surface area contributed by atoms with E-state index >= 15 is 0 Å². The van der Waals surface area contributed by atoms with Gasteiger partial charge in [0.25, 0.3) is 5.91 Å². The van der Waals surface area contributed by atoms with Crippen LogP contribution in [0.2, 0.25) is 0 Å². The first-order chi connectivity index (χ1) is 18.2. The van der Waals surface area contributed by atoms with Crippen molar-refractivity contribution in [3.63, 3.8) is 0 Å². The lowest BCUT2D eigenvalue weighted by Gasteiger charge is -2.36. The summed E-state index contributed by atoms with van der Waals surface area (Å²) >= 11 is 0. The van der Waals surface area contributed by atoms with Gasteiger partial charge in [0.1, 0.15) is 12.3 Å². The molecule has 0 N–H and O–H groups in total. The predicted molar refractivity (Wildman–Crippen MR) is 137 cm³/mol. The van der Waals surface area contributed by atoms with E-state index in [1.54, 1.807) is 17.1 Å². The molecule has 1 aromatic carbocycles. The predicted octanol–water partition coefficient (Wildman–Crippen LogP) is 3.45. The van der Waals surface area contributed by atoms with E-state index in [1.165, 1.54) is 0 Å². The number of fused-ring (bicyclic) bond motifs is 1. The molecule has 2 saturated heterocycles. The minimum Gasteiger partial charge on any atom is -0.467 e. The van der Waals surface area contributed by atoms with Crippen LogP contribution in [0.25, 0.3) is 22.3 Å². The highest BCUT2D eigenvalue weighted by molar-refractivity contribution is 6.06. The topological polar surface area (TPSA) is 93.7 Å². The third kappa shape index (κ3) is 4.74. The van der Waals surface area contributed by atoms with Gasteiger partial charge in [-0.1, -0.05) is 30.3 Å². The summed E-state index contributed by atoms with van der Waals surface area (Å²) in [6.07, 6.45) is 4.92. The van der Waals surface area contributed by atoms with E-state index in [9.17, 15) is 9.59 Å². The first-order valence-electron chi connectivity index (χ1n) is 12.8. The number of pyridine rings is 1. The average molecular weight is 500 g/mol. The number of aromatic nitrogens is 3. The van der Waals surface area contributed by atoms with Gasteiger partial charge in [-0.2, -0.15) is 5.10 Å². The Kier molecular flexibility index (Phi) is 6.44. The summed E-state index contributed by atoms with van der Waals surface area (Å²) in [5, 5.41) is 5.24. The van der Waals surface area contributed by atoms with Crippen LogP contribution in [0.4, 0.5) is 0 Å². The monoisotopic (exact) mass is 499 g/mol. The minimum atomic E-state index is -0.191. The quantitative estimate of drug-likeness (QED) is 0.418. The van der Waals surface area contributed by atoms with Gasteiger partial charge in [0, 0.05) is 31.7 Å². The molecule has 0 radical (unpaired) electrons. The van der Waals surface area contributed by atoms with Crippen molar-refractivity contribution in [3.05, 3.63) is 72.3 Å². The smallest absolute Gasteiger partial charge is 0.254 e. The molecule has 6 rings (SSSR count). The van der Waals surface area contributed by atoms with E-state index in [0.717, 1.165) is 24.2 Å². The normalized spacial score (nSPS) is 18.3. The van der Waals surface area contributed by atoms with Crippen molar-refractivity contribution in [1.82, 2.24) is 24.6 Å². The fraction of sp³-hybridized carbons (Fsp3) is 0.357. The largest absolute Gasteiger partial charge is 0.467 e. The maximum Gasteiger partial charge on any atom is 0.254 e. The number of rotatable bonds is 5. The zero-order valence-corrected chi connectivity index (χ0v) is 20.6. The highest BCUT2D eigenvalue weighted by atomic mass is 16.5. The Labute approximate surface area is 214 Å². The van der Waals surface area contributed by atoms with Crippen molar-refractivity contribution >= 4 is 22.8 Å². The van der Waals surface area contributed by atoms with Crippen LogP contribution in [-0.2, 0) is 16.1 Å². The SMILES string of the molecule is O=C(c1cc(-c2ccccc2)nc2c1cnn2Cc1ccco1)N1CCCC(C(=O)N2CCOCC2)C1. The number of carbonyl (C=O) groups excluding carboxylic acids is 2. The summed E-state index contributed by atoms with van der Waals surface area (Å²) in [6, 6.07) is 15.4. The zero-order chi connectivity index (χ0) is 25.2. The highest BCUT2D eigenvalue weighted by Gasteiger charge is 2.33. The number of ether oxygens (including phenoxy) is 1. The molecule has 3 aromatic heterocycles. The highest BCUT2D eigenvalue weighted by Crippen LogP contribution is 2.28. The van der Waals surface area contributed by atoms with Gasteiger partial charge in [-0.05, 0) is 31.0 Å². The van der Waals surface area contributed by atoms with Crippen molar-refractivity contribution < 1.29 is 18.7 Å². The molecular weight excluding hydrogens is 470 g/mol. The molecule has 37 heavy (non-hydrogen) atoms. The molecule has 2 aliphatic rings. The Balaban J connectivity index is 1.34. The van der Waals surface area contributed by atoms with Crippen molar-refractivity contribution in [3.8, 4) is 11.3 Å². The number of hydrogen-bond donors (Lipinski definition) is 0. The van der Waals surface area contributed by atoms with E-state index < -0.39 is 0 Å². The first kappa shape index (κ1) is 23.4. The number of hydrogen-bond acceptors (Lipinski definition) is 6. The van der Waals surface area contributed by atoms with Crippen LogP contribution in [0.15, 0.2) is 65.4 Å². The molecule has 190 valence electrons. The summed E-state index contributed by atoms with van der Waals surface area (Å²) in [5.74, 6) is 0.590. The van der Waals surface area contributed by atoms with Gasteiger partial charge in [0.15, 0.2) is 5.65 Å². The summed E-state index contributed by atoms with van der Waals surface area (Å²) in [7, 11) is 0. The molecule has 0 spiro atoms. The van der Waals surface area contributed by atoms with Crippen molar-refractivity contribution in [2.24, 2.45) is 5.92 Å². The second kappa shape index (κ2) is 10.2. The van der Waals surface area contributed by atoms with Crippen LogP contribution in [0.5, 0.6) is 0 Å². The van der Waals surface area contributed by atoms with Gasteiger partial charge in [0.05, 0.1) is 48.2 Å². The lowest BCUT2D eigenvalue weighted by atomic mass is 9.95. The number of furan rings is 1. The van der Waals surface area contributed by atoms with Crippen LogP contribution in [0.1, 0.15) is 29.0 Å². The van der Waals surface area contributed by atoms with Gasteiger partial charge in [-0.3, -0.25) is 9.59 Å². The first-order valence-corrected chi connectivity index (χ1v) is 12.8. The molecule has 1 atom stereocenters. The number of piperidine rings is 1. The van der Waals surface area contributed by atoms with Crippen LogP contribution in [0.3, 0.4) is 0 Å². The number of carbonyl (C=O) groups is 2. The van der Waals surface area contributed by atoms with Crippen LogP contribution >= 0.6 is 0 Å². The second-order valence-electron chi connectivity index (χ2n) is 9.57. The van der Waals surface area contributed by atoms with E-state index in [0.29, 0.717) is 68.2 Å². The Morgan fingerprint density at radius 2 is 1.84 bits per heavy atom. The van der Waals surface area contributed by atoms with E-state index in [4.69, 9.17) is 14.1 Å². The standard InChI is InChI=1S/C28H29N5O4/c34-27(31-11-14-36-15-12-31)21-8-4-10-32(18-21)28(35)23-16-25(20-6-2-1-3-7-20)30-26-24(23)17-29-33(26)19-22-9-5-13-37-22/h1-3,5-7,9,13,16-17,21H,4,8,10-12,14-15,18-19H2. The van der Waals surface area contributed by atoms with Crippen LogP contribution < -0.4 is 0 Å². The van der Waals surface area contributed by atoms with Crippen molar-refractivity contribution in [2.75, 3.05) is 39.4 Å². The lowest BCUT2D eigenvalue weighted by molar-refractivity contribution is -0.141. The maximum absolute atomic E-state index is 14.0. The fourth-order valence-corrected chi connectivity index (χ4v) is 5.22. The number of amides is 2. The molecule has 5 heterocycles. The third-order valence-corrected chi connectivity index (χ3v) is 7.18. The molecule has 0 bridgehead atoms. The molecule has 1 unspecified atom stereocenters. The molecule has 9 nitrogen and oxygen atoms in total. The van der Waals surface area contributed by atoms with Gasteiger partial charge < -0.3 is 19.0 Å². The number of benzene rings is 1. The molecule has 0 aliphatic carbocycles. The van der Waals surface area contributed by atoms with Gasteiger partial charge in [-0.25, -0.2) is 9.67 Å². The number of morpholine rings is 1. The number of likely N-dealkylation sites (tertiary alicyclic amines) is 1. The molecule has 2 fully saturated rings. The number of nitrogens with zero attached hydrogens (tertiary/aromatic N) is 5. The summed E-state index contributed by atoms with van der Waals surface area (Å²) in [6.45, 7) is 3.82. The van der Waals surface area contributed by atoms with Crippen LogP contribution in [-0.4, -0.2) is 75.8 Å². The maximum atomic E-state index is 14.0. The van der Waals surface area contributed by atoms with Crippen LogP contribution in [0, 0.1) is 5.92 Å². The van der Waals surface area contributed by atoms with Gasteiger partial charge in [0.2, 0.25) is 5.91 Å². The fourth-order valence-electron chi connectivity index (χ4n) is 5.22. The summed E-state index contributed by atoms with van der Waals surface area (Å²) < 4.78 is 12.7. The molecule has 2 amide bonds. The van der Waals surface area contributed by atoms with E-state index in [2.05, 4.69) is 5.10 Å². The average Bonchev–Trinajstić information content (AvgIpc) is 3.63. The third-order valence-electron chi connectivity index (χ3n) is 7.18. The summed E-state index contributed by atoms with van der Waals surface area (Å²) in [5.41, 5.74) is 2.80. The van der Waals surface area contributed by atoms with Crippen molar-refractivity contribution in [2.45, 2.75) is 19.4 Å². The minimum absolute atomic E-state index is 0.0957. The zero-order valence-electron chi connectivity index (χ0n) is 20.6. The molecule has 4 aromatic rings. The van der Waals surface area contributed by atoms with Crippen molar-refractivity contribution in [1.29, 1.82) is 0 Å². The lowest BCUT2D eigenvalue weighted by Crippen LogP contribution is -2.49. The Morgan fingerprint density at radius 1 is 1.00 bits per heavy atom. The molecule has 2 aliphatic heterocycles.